The predicted molar refractivity (Wildman–Crippen MR) is 162 cm³/mol. The SMILES string of the molecule is COc1ccc(OC)c(/C=C(/NC(=O)c2ccccc2)C(=O)Nc2cccc(SCC(=O)Nc3ccccc3)c2)c1. The lowest BCUT2D eigenvalue weighted by molar-refractivity contribution is -0.114. The maximum absolute atomic E-state index is 13.5. The molecule has 0 aliphatic rings. The normalized spacial score (nSPS) is 10.8. The second kappa shape index (κ2) is 14.4. The van der Waals surface area contributed by atoms with Crippen molar-refractivity contribution >= 4 is 46.9 Å². The summed E-state index contributed by atoms with van der Waals surface area (Å²) in [4.78, 5) is 39.6. The molecule has 0 bridgehead atoms. The molecular formula is C32H29N3O5S. The average molecular weight is 568 g/mol. The fraction of sp³-hybridized carbons (Fsp3) is 0.0938. The molecule has 0 fully saturated rings. The van der Waals surface area contributed by atoms with Crippen molar-refractivity contribution in [1.29, 1.82) is 0 Å². The molecule has 0 saturated heterocycles. The molecule has 0 atom stereocenters. The predicted octanol–water partition coefficient (Wildman–Crippen LogP) is 5.84. The Bertz CT molecular complexity index is 1540. The van der Waals surface area contributed by atoms with Gasteiger partial charge in [0.25, 0.3) is 11.8 Å². The van der Waals surface area contributed by atoms with Crippen LogP contribution in [0.25, 0.3) is 6.08 Å². The third-order valence-electron chi connectivity index (χ3n) is 5.78. The van der Waals surface area contributed by atoms with Crippen LogP contribution in [0.5, 0.6) is 11.5 Å². The van der Waals surface area contributed by atoms with Crippen LogP contribution in [0.2, 0.25) is 0 Å². The minimum absolute atomic E-state index is 0.00528. The number of carbonyl (C=O) groups is 3. The number of thioether (sulfide) groups is 1. The summed E-state index contributed by atoms with van der Waals surface area (Å²) in [5.74, 6) is 0.132. The zero-order chi connectivity index (χ0) is 29.0. The summed E-state index contributed by atoms with van der Waals surface area (Å²) in [6.45, 7) is 0. The van der Waals surface area contributed by atoms with Crippen molar-refractivity contribution in [1.82, 2.24) is 5.32 Å². The van der Waals surface area contributed by atoms with Gasteiger partial charge in [0.15, 0.2) is 0 Å². The summed E-state index contributed by atoms with van der Waals surface area (Å²) in [5.41, 5.74) is 2.17. The molecule has 0 spiro atoms. The van der Waals surface area contributed by atoms with Crippen molar-refractivity contribution in [3.05, 3.63) is 120 Å². The number of rotatable bonds is 11. The molecule has 9 heteroatoms. The first-order chi connectivity index (χ1) is 19.9. The second-order valence-electron chi connectivity index (χ2n) is 8.67. The summed E-state index contributed by atoms with van der Waals surface area (Å²) >= 11 is 1.34. The van der Waals surface area contributed by atoms with E-state index in [2.05, 4.69) is 16.0 Å². The Balaban J connectivity index is 1.52. The number of amides is 3. The second-order valence-corrected chi connectivity index (χ2v) is 9.72. The topological polar surface area (TPSA) is 106 Å². The molecule has 8 nitrogen and oxygen atoms in total. The lowest BCUT2D eigenvalue weighted by Gasteiger charge is -2.13. The van der Waals surface area contributed by atoms with E-state index >= 15 is 0 Å². The van der Waals surface area contributed by atoms with Crippen LogP contribution < -0.4 is 25.4 Å². The van der Waals surface area contributed by atoms with Gasteiger partial charge >= 0.3 is 0 Å². The highest BCUT2D eigenvalue weighted by atomic mass is 32.2. The first-order valence-electron chi connectivity index (χ1n) is 12.6. The Hall–Kier alpha value is -5.02. The first kappa shape index (κ1) is 29.0. The van der Waals surface area contributed by atoms with Crippen molar-refractivity contribution in [2.75, 3.05) is 30.6 Å². The molecule has 3 N–H and O–H groups in total. The fourth-order valence-corrected chi connectivity index (χ4v) is 4.53. The van der Waals surface area contributed by atoms with Gasteiger partial charge in [-0.2, -0.15) is 0 Å². The number of benzene rings is 4. The van der Waals surface area contributed by atoms with Gasteiger partial charge in [-0.05, 0) is 66.7 Å². The highest BCUT2D eigenvalue weighted by Crippen LogP contribution is 2.27. The van der Waals surface area contributed by atoms with E-state index in [-0.39, 0.29) is 17.4 Å². The van der Waals surface area contributed by atoms with E-state index in [9.17, 15) is 14.4 Å². The lowest BCUT2D eigenvalue weighted by atomic mass is 10.1. The fourth-order valence-electron chi connectivity index (χ4n) is 3.78. The molecule has 0 unspecified atom stereocenters. The molecule has 208 valence electrons. The molecule has 4 rings (SSSR count). The molecule has 3 amide bonds. The number of nitrogens with one attached hydrogen (secondary N) is 3. The Morgan fingerprint density at radius 1 is 0.756 bits per heavy atom. The van der Waals surface area contributed by atoms with Crippen LogP contribution in [0.3, 0.4) is 0 Å². The Kier molecular flexibility index (Phi) is 10.2. The molecule has 41 heavy (non-hydrogen) atoms. The van der Waals surface area contributed by atoms with E-state index in [1.807, 2.05) is 36.4 Å². The quantitative estimate of drug-likeness (QED) is 0.155. The zero-order valence-electron chi connectivity index (χ0n) is 22.5. The molecule has 0 saturated carbocycles. The summed E-state index contributed by atoms with van der Waals surface area (Å²) in [6, 6.07) is 30.1. The van der Waals surface area contributed by atoms with Crippen molar-refractivity contribution < 1.29 is 23.9 Å². The largest absolute Gasteiger partial charge is 0.497 e. The Morgan fingerprint density at radius 3 is 2.17 bits per heavy atom. The molecule has 0 aliphatic heterocycles. The molecule has 4 aromatic rings. The number of para-hydroxylation sites is 1. The van der Waals surface area contributed by atoms with Gasteiger partial charge < -0.3 is 25.4 Å². The maximum atomic E-state index is 13.5. The van der Waals surface area contributed by atoms with Crippen LogP contribution in [-0.4, -0.2) is 37.7 Å². The van der Waals surface area contributed by atoms with Gasteiger partial charge in [-0.25, -0.2) is 0 Å². The average Bonchev–Trinajstić information content (AvgIpc) is 3.00. The lowest BCUT2D eigenvalue weighted by Crippen LogP contribution is -2.30. The van der Waals surface area contributed by atoms with Crippen LogP contribution in [0.15, 0.2) is 114 Å². The minimum Gasteiger partial charge on any atom is -0.497 e. The Labute approximate surface area is 242 Å². The van der Waals surface area contributed by atoms with Crippen LogP contribution in [0.1, 0.15) is 15.9 Å². The molecule has 0 aromatic heterocycles. The van der Waals surface area contributed by atoms with E-state index in [0.717, 1.165) is 10.6 Å². The van der Waals surface area contributed by atoms with E-state index in [0.29, 0.717) is 28.3 Å². The standard InChI is InChI=1S/C32H29N3O5S/c1-39-26-16-17-29(40-2)23(18-26)19-28(35-31(37)22-10-5-3-6-11-22)32(38)34-25-14-9-15-27(20-25)41-21-30(36)33-24-12-7-4-8-13-24/h3-20H,21H2,1-2H3,(H,33,36)(H,34,38)(H,35,37)/b28-19+. The maximum Gasteiger partial charge on any atom is 0.272 e. The van der Waals surface area contributed by atoms with Crippen LogP contribution in [0.4, 0.5) is 11.4 Å². The van der Waals surface area contributed by atoms with Gasteiger partial charge in [0, 0.05) is 27.4 Å². The van der Waals surface area contributed by atoms with Crippen molar-refractivity contribution in [3.63, 3.8) is 0 Å². The van der Waals surface area contributed by atoms with Crippen molar-refractivity contribution in [2.24, 2.45) is 0 Å². The molecule has 0 radical (unpaired) electrons. The van der Waals surface area contributed by atoms with E-state index in [1.54, 1.807) is 66.7 Å². The Morgan fingerprint density at radius 2 is 1.46 bits per heavy atom. The highest BCUT2D eigenvalue weighted by molar-refractivity contribution is 8.00. The van der Waals surface area contributed by atoms with E-state index < -0.39 is 11.8 Å². The van der Waals surface area contributed by atoms with Crippen molar-refractivity contribution in [3.8, 4) is 11.5 Å². The van der Waals surface area contributed by atoms with Crippen molar-refractivity contribution in [2.45, 2.75) is 4.90 Å². The highest BCUT2D eigenvalue weighted by Gasteiger charge is 2.17. The monoisotopic (exact) mass is 567 g/mol. The van der Waals surface area contributed by atoms with Crippen LogP contribution in [0, 0.1) is 0 Å². The third kappa shape index (κ3) is 8.48. The number of hydrogen-bond donors (Lipinski definition) is 3. The minimum atomic E-state index is -0.539. The summed E-state index contributed by atoms with van der Waals surface area (Å²) in [7, 11) is 3.06. The van der Waals surface area contributed by atoms with E-state index in [1.165, 1.54) is 32.1 Å². The number of hydrogen-bond acceptors (Lipinski definition) is 6. The van der Waals surface area contributed by atoms with Gasteiger partial charge in [0.1, 0.15) is 17.2 Å². The summed E-state index contributed by atoms with van der Waals surface area (Å²) < 4.78 is 10.8. The van der Waals surface area contributed by atoms with Crippen LogP contribution >= 0.6 is 11.8 Å². The number of carbonyl (C=O) groups excluding carboxylic acids is 3. The smallest absolute Gasteiger partial charge is 0.272 e. The molecular weight excluding hydrogens is 538 g/mol. The number of ether oxygens (including phenoxy) is 2. The van der Waals surface area contributed by atoms with Gasteiger partial charge in [0.05, 0.1) is 20.0 Å². The third-order valence-corrected chi connectivity index (χ3v) is 6.78. The number of anilines is 2. The molecule has 0 aliphatic carbocycles. The van der Waals surface area contributed by atoms with Crippen LogP contribution in [-0.2, 0) is 9.59 Å². The van der Waals surface area contributed by atoms with Gasteiger partial charge in [-0.3, -0.25) is 14.4 Å². The molecule has 4 aromatic carbocycles. The first-order valence-corrected chi connectivity index (χ1v) is 13.6. The summed E-state index contributed by atoms with van der Waals surface area (Å²) in [5, 5.41) is 8.42. The molecule has 0 heterocycles. The van der Waals surface area contributed by atoms with Gasteiger partial charge in [-0.15, -0.1) is 11.8 Å². The zero-order valence-corrected chi connectivity index (χ0v) is 23.4. The van der Waals surface area contributed by atoms with Gasteiger partial charge in [-0.1, -0.05) is 42.5 Å². The number of methoxy groups -OCH3 is 2. The van der Waals surface area contributed by atoms with Gasteiger partial charge in [0.2, 0.25) is 5.91 Å². The van der Waals surface area contributed by atoms with E-state index in [4.69, 9.17) is 9.47 Å². The summed E-state index contributed by atoms with van der Waals surface area (Å²) in [6.07, 6.45) is 1.53.